The molecule has 0 aliphatic carbocycles. The van der Waals surface area contributed by atoms with Crippen molar-refractivity contribution in [3.63, 3.8) is 0 Å². The monoisotopic (exact) mass is 313 g/mol. The van der Waals surface area contributed by atoms with E-state index in [-0.39, 0.29) is 12.5 Å². The lowest BCUT2D eigenvalue weighted by Gasteiger charge is -2.14. The van der Waals surface area contributed by atoms with Crippen LogP contribution in [0, 0.1) is 0 Å². The molecule has 0 aliphatic rings. The van der Waals surface area contributed by atoms with Gasteiger partial charge in [-0.2, -0.15) is 0 Å². The molecule has 0 fully saturated rings. The van der Waals surface area contributed by atoms with Gasteiger partial charge in [0.2, 0.25) is 5.91 Å². The van der Waals surface area contributed by atoms with Crippen molar-refractivity contribution in [3.8, 4) is 0 Å². The maximum atomic E-state index is 11.9. The highest BCUT2D eigenvalue weighted by Crippen LogP contribution is 2.01. The second kappa shape index (κ2) is 8.53. The summed E-state index contributed by atoms with van der Waals surface area (Å²) >= 11 is 0. The van der Waals surface area contributed by atoms with Crippen LogP contribution in [-0.4, -0.2) is 23.0 Å². The number of amides is 2. The van der Waals surface area contributed by atoms with Crippen LogP contribution in [0.3, 0.4) is 0 Å². The van der Waals surface area contributed by atoms with E-state index in [4.69, 9.17) is 4.74 Å². The summed E-state index contributed by atoms with van der Waals surface area (Å²) in [6.07, 6.45) is 2.69. The first kappa shape index (κ1) is 16.5. The number of carbonyl (C=O) groups is 2. The Labute approximate surface area is 134 Å². The summed E-state index contributed by atoms with van der Waals surface area (Å²) in [5.41, 5.74) is 1.82. The van der Waals surface area contributed by atoms with E-state index in [0.29, 0.717) is 6.54 Å². The number of rotatable bonds is 6. The van der Waals surface area contributed by atoms with Crippen LogP contribution in [0.2, 0.25) is 0 Å². The van der Waals surface area contributed by atoms with E-state index in [1.54, 1.807) is 19.3 Å². The molecule has 1 atom stereocenters. The largest absolute Gasteiger partial charge is 0.445 e. The standard InChI is InChI=1S/C17H19N3O3/c1-13(16(21)19-11-14-7-9-18-10-8-14)20-17(22)23-12-15-5-3-2-4-6-15/h2-10,13H,11-12H2,1H3,(H,19,21)(H,20,22)/t13-/m0/s1. The average Bonchev–Trinajstić information content (AvgIpc) is 2.59. The van der Waals surface area contributed by atoms with Gasteiger partial charge in [0.05, 0.1) is 0 Å². The third kappa shape index (κ3) is 5.78. The quantitative estimate of drug-likeness (QED) is 0.855. The van der Waals surface area contributed by atoms with Crippen molar-refractivity contribution < 1.29 is 14.3 Å². The van der Waals surface area contributed by atoms with Crippen LogP contribution in [0.5, 0.6) is 0 Å². The van der Waals surface area contributed by atoms with Gasteiger partial charge in [-0.3, -0.25) is 9.78 Å². The summed E-state index contributed by atoms with van der Waals surface area (Å²) in [5, 5.41) is 5.24. The van der Waals surface area contributed by atoms with Gasteiger partial charge < -0.3 is 15.4 Å². The van der Waals surface area contributed by atoms with Crippen molar-refractivity contribution in [2.45, 2.75) is 26.1 Å². The maximum absolute atomic E-state index is 11.9. The third-order valence-corrected chi connectivity index (χ3v) is 3.16. The molecule has 0 radical (unpaired) electrons. The number of ether oxygens (including phenoxy) is 1. The fraction of sp³-hybridized carbons (Fsp3) is 0.235. The van der Waals surface area contributed by atoms with Crippen LogP contribution in [0.25, 0.3) is 0 Å². The van der Waals surface area contributed by atoms with Crippen LogP contribution >= 0.6 is 0 Å². The van der Waals surface area contributed by atoms with Crippen molar-refractivity contribution in [1.82, 2.24) is 15.6 Å². The van der Waals surface area contributed by atoms with Gasteiger partial charge in [-0.05, 0) is 30.2 Å². The summed E-state index contributed by atoms with van der Waals surface area (Å²) in [6.45, 7) is 2.15. The van der Waals surface area contributed by atoms with Crippen molar-refractivity contribution in [1.29, 1.82) is 0 Å². The van der Waals surface area contributed by atoms with Crippen molar-refractivity contribution in [2.75, 3.05) is 0 Å². The zero-order valence-electron chi connectivity index (χ0n) is 12.9. The Morgan fingerprint density at radius 3 is 2.48 bits per heavy atom. The van der Waals surface area contributed by atoms with E-state index >= 15 is 0 Å². The van der Waals surface area contributed by atoms with E-state index in [1.807, 2.05) is 42.5 Å². The molecule has 1 aromatic carbocycles. The number of hydrogen-bond acceptors (Lipinski definition) is 4. The van der Waals surface area contributed by atoms with Gasteiger partial charge in [-0.15, -0.1) is 0 Å². The van der Waals surface area contributed by atoms with Gasteiger partial charge in [0.1, 0.15) is 12.6 Å². The highest BCUT2D eigenvalue weighted by molar-refractivity contribution is 5.85. The molecule has 0 saturated carbocycles. The van der Waals surface area contributed by atoms with Gasteiger partial charge in [0.25, 0.3) is 0 Å². The zero-order chi connectivity index (χ0) is 16.5. The Bertz CT molecular complexity index is 632. The molecular formula is C17H19N3O3. The molecule has 6 nitrogen and oxygen atoms in total. The van der Waals surface area contributed by atoms with Crippen LogP contribution in [-0.2, 0) is 22.7 Å². The summed E-state index contributed by atoms with van der Waals surface area (Å²) in [7, 11) is 0. The first-order valence-corrected chi connectivity index (χ1v) is 7.29. The Balaban J connectivity index is 1.71. The van der Waals surface area contributed by atoms with Crippen molar-refractivity contribution in [3.05, 3.63) is 66.0 Å². The molecule has 0 bridgehead atoms. The first-order chi connectivity index (χ1) is 11.1. The number of nitrogens with zero attached hydrogens (tertiary/aromatic N) is 1. The van der Waals surface area contributed by atoms with Crippen molar-refractivity contribution in [2.24, 2.45) is 0 Å². The molecule has 1 heterocycles. The predicted molar refractivity (Wildman–Crippen MR) is 85.3 cm³/mol. The lowest BCUT2D eigenvalue weighted by Crippen LogP contribution is -2.44. The molecule has 23 heavy (non-hydrogen) atoms. The highest BCUT2D eigenvalue weighted by Gasteiger charge is 2.15. The Kier molecular flexibility index (Phi) is 6.11. The van der Waals surface area contributed by atoms with Gasteiger partial charge in [-0.1, -0.05) is 30.3 Å². The van der Waals surface area contributed by atoms with E-state index in [1.165, 1.54) is 0 Å². The maximum Gasteiger partial charge on any atom is 0.408 e. The fourth-order valence-electron chi connectivity index (χ4n) is 1.85. The molecule has 2 amide bonds. The lowest BCUT2D eigenvalue weighted by molar-refractivity contribution is -0.122. The molecule has 0 spiro atoms. The number of aromatic nitrogens is 1. The molecule has 0 unspecified atom stereocenters. The summed E-state index contributed by atoms with van der Waals surface area (Å²) in [5.74, 6) is -0.279. The Morgan fingerprint density at radius 1 is 1.09 bits per heavy atom. The molecule has 120 valence electrons. The van der Waals surface area contributed by atoms with Crippen LogP contribution in [0.1, 0.15) is 18.1 Å². The minimum Gasteiger partial charge on any atom is -0.445 e. The first-order valence-electron chi connectivity index (χ1n) is 7.29. The molecule has 0 aliphatic heterocycles. The van der Waals surface area contributed by atoms with Gasteiger partial charge in [0.15, 0.2) is 0 Å². The van der Waals surface area contributed by atoms with E-state index in [9.17, 15) is 9.59 Å². The van der Waals surface area contributed by atoms with Gasteiger partial charge in [-0.25, -0.2) is 4.79 Å². The molecular weight excluding hydrogens is 294 g/mol. The number of pyridine rings is 1. The van der Waals surface area contributed by atoms with Crippen LogP contribution in [0.4, 0.5) is 4.79 Å². The van der Waals surface area contributed by atoms with E-state index in [0.717, 1.165) is 11.1 Å². The van der Waals surface area contributed by atoms with E-state index < -0.39 is 12.1 Å². The smallest absolute Gasteiger partial charge is 0.408 e. The molecule has 0 saturated heterocycles. The highest BCUT2D eigenvalue weighted by atomic mass is 16.5. The van der Waals surface area contributed by atoms with Gasteiger partial charge in [0, 0.05) is 18.9 Å². The summed E-state index contributed by atoms with van der Waals surface area (Å²) in [4.78, 5) is 27.5. The summed E-state index contributed by atoms with van der Waals surface area (Å²) < 4.78 is 5.07. The number of benzene rings is 1. The Morgan fingerprint density at radius 2 is 1.78 bits per heavy atom. The number of alkyl carbamates (subject to hydrolysis) is 1. The second-order valence-electron chi connectivity index (χ2n) is 5.00. The predicted octanol–water partition coefficient (Wildman–Crippen LogP) is 2.01. The minimum atomic E-state index is -0.680. The van der Waals surface area contributed by atoms with Crippen LogP contribution < -0.4 is 10.6 Å². The third-order valence-electron chi connectivity index (χ3n) is 3.16. The number of carbonyl (C=O) groups excluding carboxylic acids is 2. The molecule has 6 heteroatoms. The zero-order valence-corrected chi connectivity index (χ0v) is 12.9. The number of nitrogens with one attached hydrogen (secondary N) is 2. The molecule has 2 N–H and O–H groups in total. The molecule has 2 aromatic rings. The fourth-order valence-corrected chi connectivity index (χ4v) is 1.85. The van der Waals surface area contributed by atoms with Crippen molar-refractivity contribution >= 4 is 12.0 Å². The van der Waals surface area contributed by atoms with Crippen LogP contribution in [0.15, 0.2) is 54.9 Å². The second-order valence-corrected chi connectivity index (χ2v) is 5.00. The number of hydrogen-bond donors (Lipinski definition) is 2. The topological polar surface area (TPSA) is 80.3 Å². The summed E-state index contributed by atoms with van der Waals surface area (Å²) in [6, 6.07) is 12.3. The Hall–Kier alpha value is -2.89. The minimum absolute atomic E-state index is 0.165. The van der Waals surface area contributed by atoms with Gasteiger partial charge >= 0.3 is 6.09 Å². The SMILES string of the molecule is C[C@H](NC(=O)OCc1ccccc1)C(=O)NCc1ccncc1. The normalized spacial score (nSPS) is 11.3. The average molecular weight is 313 g/mol. The van der Waals surface area contributed by atoms with E-state index in [2.05, 4.69) is 15.6 Å². The molecule has 1 aromatic heterocycles. The molecule has 2 rings (SSSR count). The lowest BCUT2D eigenvalue weighted by atomic mass is 10.2.